The molecule has 1 atom stereocenters. The maximum Gasteiger partial charge on any atom is 0.329 e. The summed E-state index contributed by atoms with van der Waals surface area (Å²) in [4.78, 5) is 33.2. The number of rotatable bonds is 5. The highest BCUT2D eigenvalue weighted by Gasteiger charge is 2.35. The van der Waals surface area contributed by atoms with Gasteiger partial charge in [0.15, 0.2) is 11.5 Å². The quantitative estimate of drug-likeness (QED) is 0.446. The molecule has 1 aromatic carbocycles. The first kappa shape index (κ1) is 18.9. The van der Waals surface area contributed by atoms with Crippen molar-refractivity contribution in [3.63, 3.8) is 0 Å². The van der Waals surface area contributed by atoms with Crippen LogP contribution in [0.25, 0.3) is 0 Å². The van der Waals surface area contributed by atoms with Crippen molar-refractivity contribution < 1.29 is 41.9 Å². The van der Waals surface area contributed by atoms with E-state index in [4.69, 9.17) is 30.7 Å². The van der Waals surface area contributed by atoms with Crippen LogP contribution in [0.2, 0.25) is 5.02 Å². The minimum Gasteiger partial charge on any atom is -0.480 e. The van der Waals surface area contributed by atoms with E-state index in [1.54, 1.807) is 0 Å². The molecule has 1 rings (SSSR count). The average molecular weight is 367 g/mol. The van der Waals surface area contributed by atoms with Crippen LogP contribution in [0.4, 0.5) is 0 Å². The van der Waals surface area contributed by atoms with Gasteiger partial charge in [0.25, 0.3) is 10.1 Å². The van der Waals surface area contributed by atoms with Gasteiger partial charge < -0.3 is 14.6 Å². The highest BCUT2D eigenvalue weighted by atomic mass is 35.5. The van der Waals surface area contributed by atoms with Crippen molar-refractivity contribution in [2.24, 2.45) is 0 Å². The summed E-state index contributed by atoms with van der Waals surface area (Å²) < 4.78 is 41.0. The van der Waals surface area contributed by atoms with Gasteiger partial charge in [0.2, 0.25) is 5.25 Å². The van der Waals surface area contributed by atoms with Crippen LogP contribution in [-0.4, -0.2) is 36.0 Å². The molecule has 9 nitrogen and oxygen atoms in total. The van der Waals surface area contributed by atoms with Crippen LogP contribution < -0.4 is 9.47 Å². The Bertz CT molecular complexity index is 769. The minimum absolute atomic E-state index is 0.319. The second-order valence-corrected chi connectivity index (χ2v) is 6.15. The van der Waals surface area contributed by atoms with Gasteiger partial charge in [-0.05, 0) is 6.07 Å². The van der Waals surface area contributed by atoms with Crippen molar-refractivity contribution in [2.75, 3.05) is 0 Å². The number of benzene rings is 1. The molecule has 0 aliphatic heterocycles. The number of hydrogen-bond acceptors (Lipinski definition) is 7. The zero-order valence-electron chi connectivity index (χ0n) is 11.8. The fourth-order valence-electron chi connectivity index (χ4n) is 1.64. The van der Waals surface area contributed by atoms with Crippen molar-refractivity contribution in [1.29, 1.82) is 0 Å². The highest BCUT2D eigenvalue weighted by Crippen LogP contribution is 2.38. The zero-order chi connectivity index (χ0) is 17.9. The lowest BCUT2D eigenvalue weighted by Crippen LogP contribution is -2.22. The Hall–Kier alpha value is -2.17. The number of halogens is 1. The van der Waals surface area contributed by atoms with E-state index in [9.17, 15) is 22.8 Å². The molecule has 0 aliphatic rings. The predicted molar refractivity (Wildman–Crippen MR) is 76.0 cm³/mol. The van der Waals surface area contributed by atoms with E-state index in [0.29, 0.717) is 0 Å². The summed E-state index contributed by atoms with van der Waals surface area (Å²) in [5.41, 5.74) is -0.561. The number of hydrogen-bond donors (Lipinski definition) is 2. The number of aliphatic carboxylic acids is 1. The van der Waals surface area contributed by atoms with Crippen LogP contribution in [0.5, 0.6) is 11.5 Å². The number of ether oxygens (including phenoxy) is 2. The lowest BCUT2D eigenvalue weighted by molar-refractivity contribution is -0.137. The number of carbonyl (C=O) groups is 3. The molecule has 2 N–H and O–H groups in total. The first-order valence-electron chi connectivity index (χ1n) is 5.83. The van der Waals surface area contributed by atoms with Crippen LogP contribution in [-0.2, 0) is 24.5 Å². The highest BCUT2D eigenvalue weighted by molar-refractivity contribution is 7.86. The van der Waals surface area contributed by atoms with Crippen LogP contribution in [0.15, 0.2) is 12.1 Å². The van der Waals surface area contributed by atoms with Crippen molar-refractivity contribution in [3.8, 4) is 11.5 Å². The van der Waals surface area contributed by atoms with E-state index in [2.05, 4.69) is 0 Å². The molecule has 0 saturated carbocycles. The molecule has 1 aromatic rings. The number of carboxylic acids is 1. The fourth-order valence-corrected chi connectivity index (χ4v) is 2.74. The van der Waals surface area contributed by atoms with Crippen LogP contribution in [0.1, 0.15) is 24.7 Å². The summed E-state index contributed by atoms with van der Waals surface area (Å²) in [6, 6.07) is 1.69. The third kappa shape index (κ3) is 4.91. The number of carbonyl (C=O) groups excluding carboxylic acids is 2. The van der Waals surface area contributed by atoms with E-state index in [0.717, 1.165) is 26.0 Å². The maximum absolute atomic E-state index is 11.2. The molecule has 11 heteroatoms. The molecular formula is C12H11ClO9S. The fraction of sp³-hybridized carbons (Fsp3) is 0.250. The standard InChI is InChI=1S/C12H11ClO9S/c1-5(14)21-9-3-7(11(12(16)17)23(18,19)20)8(13)4-10(9)22-6(2)15/h3-4,11H,1-2H3,(H,16,17)(H,18,19,20). The maximum atomic E-state index is 11.2. The molecule has 0 bridgehead atoms. The van der Waals surface area contributed by atoms with E-state index >= 15 is 0 Å². The van der Waals surface area contributed by atoms with Gasteiger partial charge in [-0.2, -0.15) is 8.42 Å². The normalized spacial score (nSPS) is 12.3. The topological polar surface area (TPSA) is 144 Å². The van der Waals surface area contributed by atoms with Gasteiger partial charge in [0.1, 0.15) is 0 Å². The Kier molecular flexibility index (Phi) is 5.70. The molecule has 0 amide bonds. The summed E-state index contributed by atoms with van der Waals surface area (Å²) in [6.45, 7) is 2.07. The summed E-state index contributed by atoms with van der Waals surface area (Å²) in [6.07, 6.45) is 0. The first-order chi connectivity index (χ1) is 10.4. The second-order valence-electron chi connectivity index (χ2n) is 4.24. The molecule has 0 saturated heterocycles. The number of esters is 2. The van der Waals surface area contributed by atoms with E-state index in [-0.39, 0.29) is 5.75 Å². The Morgan fingerprint density at radius 3 is 1.87 bits per heavy atom. The molecular weight excluding hydrogens is 356 g/mol. The van der Waals surface area contributed by atoms with Crippen molar-refractivity contribution >= 4 is 39.6 Å². The van der Waals surface area contributed by atoms with Crippen LogP contribution >= 0.6 is 11.6 Å². The summed E-state index contributed by atoms with van der Waals surface area (Å²) in [5, 5.41) is 6.15. The van der Waals surface area contributed by atoms with Gasteiger partial charge in [-0.25, -0.2) is 0 Å². The van der Waals surface area contributed by atoms with Gasteiger partial charge in [0, 0.05) is 30.5 Å². The second kappa shape index (κ2) is 6.94. The largest absolute Gasteiger partial charge is 0.480 e. The summed E-state index contributed by atoms with van der Waals surface area (Å²) in [7, 11) is -5.05. The molecule has 1 unspecified atom stereocenters. The Balaban J connectivity index is 3.59. The molecule has 0 radical (unpaired) electrons. The molecule has 0 spiro atoms. The van der Waals surface area contributed by atoms with Gasteiger partial charge >= 0.3 is 17.9 Å². The third-order valence-electron chi connectivity index (χ3n) is 2.38. The van der Waals surface area contributed by atoms with Crippen molar-refractivity contribution in [2.45, 2.75) is 19.1 Å². The van der Waals surface area contributed by atoms with E-state index < -0.39 is 49.6 Å². The van der Waals surface area contributed by atoms with Gasteiger partial charge in [-0.15, -0.1) is 0 Å². The Labute approximate surface area is 135 Å². The first-order valence-corrected chi connectivity index (χ1v) is 7.71. The molecule has 0 fully saturated rings. The Morgan fingerprint density at radius 1 is 1.09 bits per heavy atom. The molecule has 126 valence electrons. The Morgan fingerprint density at radius 2 is 1.52 bits per heavy atom. The SMILES string of the molecule is CC(=O)Oc1cc(Cl)c(C(C(=O)O)S(=O)(=O)O)cc1OC(C)=O. The van der Waals surface area contributed by atoms with E-state index in [1.165, 1.54) is 0 Å². The third-order valence-corrected chi connectivity index (χ3v) is 3.75. The molecule has 0 aliphatic carbocycles. The zero-order valence-corrected chi connectivity index (χ0v) is 13.3. The lowest BCUT2D eigenvalue weighted by atomic mass is 10.1. The van der Waals surface area contributed by atoms with Crippen molar-refractivity contribution in [3.05, 3.63) is 22.7 Å². The monoisotopic (exact) mass is 366 g/mol. The van der Waals surface area contributed by atoms with Crippen LogP contribution in [0.3, 0.4) is 0 Å². The van der Waals surface area contributed by atoms with Crippen LogP contribution in [0, 0.1) is 0 Å². The van der Waals surface area contributed by atoms with Gasteiger partial charge in [0.05, 0.1) is 0 Å². The average Bonchev–Trinajstić information content (AvgIpc) is 2.31. The number of carboxylic acid groups (broad SMARTS) is 1. The van der Waals surface area contributed by atoms with Gasteiger partial charge in [-0.1, -0.05) is 11.6 Å². The minimum atomic E-state index is -5.05. The van der Waals surface area contributed by atoms with Crippen molar-refractivity contribution in [1.82, 2.24) is 0 Å². The van der Waals surface area contributed by atoms with Gasteiger partial charge in [-0.3, -0.25) is 18.9 Å². The molecule has 0 heterocycles. The summed E-state index contributed by atoms with van der Waals surface area (Å²) in [5.74, 6) is -4.27. The lowest BCUT2D eigenvalue weighted by Gasteiger charge is -2.15. The molecule has 0 aromatic heterocycles. The predicted octanol–water partition coefficient (Wildman–Crippen LogP) is 1.20. The summed E-state index contributed by atoms with van der Waals surface area (Å²) >= 11 is 5.80. The molecule has 23 heavy (non-hydrogen) atoms. The van der Waals surface area contributed by atoms with E-state index in [1.807, 2.05) is 0 Å². The smallest absolute Gasteiger partial charge is 0.329 e.